The topological polar surface area (TPSA) is 51.0 Å². The Kier molecular flexibility index (Phi) is 4.74. The van der Waals surface area contributed by atoms with Crippen molar-refractivity contribution in [1.82, 2.24) is 15.5 Å². The summed E-state index contributed by atoms with van der Waals surface area (Å²) in [5.41, 5.74) is 1.05. The molecular weight excluding hydrogens is 270 g/mol. The van der Waals surface area contributed by atoms with E-state index in [-0.39, 0.29) is 12.4 Å². The van der Waals surface area contributed by atoms with Crippen molar-refractivity contribution in [3.63, 3.8) is 0 Å². The maximum atomic E-state index is 5.27. The summed E-state index contributed by atoms with van der Waals surface area (Å²) in [6.45, 7) is 2.28. The predicted molar refractivity (Wildman–Crippen MR) is 74.2 cm³/mol. The lowest BCUT2D eigenvalue weighted by Gasteiger charge is -2.03. The molecule has 0 radical (unpaired) electrons. The van der Waals surface area contributed by atoms with Crippen molar-refractivity contribution in [2.75, 3.05) is 13.1 Å². The van der Waals surface area contributed by atoms with E-state index in [1.165, 1.54) is 6.42 Å². The van der Waals surface area contributed by atoms with Crippen LogP contribution in [-0.4, -0.2) is 23.2 Å². The third-order valence-electron chi connectivity index (χ3n) is 3.18. The second kappa shape index (κ2) is 6.31. The molecule has 3 heterocycles. The van der Waals surface area contributed by atoms with Crippen molar-refractivity contribution in [3.05, 3.63) is 22.7 Å². The fourth-order valence-electron chi connectivity index (χ4n) is 2.15. The smallest absolute Gasteiger partial charge is 0.226 e. The molecule has 1 aliphatic heterocycles. The average Bonchev–Trinajstić information content (AvgIpc) is 3.09. The van der Waals surface area contributed by atoms with Crippen LogP contribution in [0.25, 0.3) is 11.4 Å². The van der Waals surface area contributed by atoms with E-state index < -0.39 is 0 Å². The largest absolute Gasteiger partial charge is 0.339 e. The van der Waals surface area contributed by atoms with Crippen LogP contribution in [0.5, 0.6) is 0 Å². The lowest BCUT2D eigenvalue weighted by molar-refractivity contribution is 0.365. The van der Waals surface area contributed by atoms with Gasteiger partial charge in [-0.1, -0.05) is 5.16 Å². The van der Waals surface area contributed by atoms with E-state index in [4.69, 9.17) is 4.52 Å². The van der Waals surface area contributed by atoms with Gasteiger partial charge in [-0.05, 0) is 43.3 Å². The first-order valence-corrected chi connectivity index (χ1v) is 6.92. The molecule has 1 saturated heterocycles. The number of aryl methyl sites for hydroxylation is 1. The summed E-state index contributed by atoms with van der Waals surface area (Å²) < 4.78 is 5.27. The summed E-state index contributed by atoms with van der Waals surface area (Å²) in [6, 6.07) is 2.01. The van der Waals surface area contributed by atoms with Gasteiger partial charge >= 0.3 is 0 Å². The van der Waals surface area contributed by atoms with Crippen LogP contribution in [0.15, 0.2) is 21.3 Å². The van der Waals surface area contributed by atoms with Crippen molar-refractivity contribution in [2.24, 2.45) is 5.92 Å². The lowest BCUT2D eigenvalue weighted by Crippen LogP contribution is -2.09. The third-order valence-corrected chi connectivity index (χ3v) is 3.86. The molecule has 1 atom stereocenters. The molecule has 1 unspecified atom stereocenters. The molecule has 0 aromatic carbocycles. The van der Waals surface area contributed by atoms with Gasteiger partial charge in [-0.2, -0.15) is 16.3 Å². The monoisotopic (exact) mass is 285 g/mol. The molecule has 0 aliphatic carbocycles. The Morgan fingerprint density at radius 1 is 1.50 bits per heavy atom. The molecule has 4 nitrogen and oxygen atoms in total. The normalized spacial score (nSPS) is 18.8. The Labute approximate surface area is 116 Å². The highest BCUT2D eigenvalue weighted by atomic mass is 35.5. The highest BCUT2D eigenvalue weighted by Gasteiger charge is 2.16. The highest BCUT2D eigenvalue weighted by molar-refractivity contribution is 7.08. The Balaban J connectivity index is 0.00000120. The fraction of sp³-hybridized carbons (Fsp3) is 0.500. The Bertz CT molecular complexity index is 465. The zero-order chi connectivity index (χ0) is 11.5. The van der Waals surface area contributed by atoms with Gasteiger partial charge in [0, 0.05) is 17.4 Å². The highest BCUT2D eigenvalue weighted by Crippen LogP contribution is 2.20. The summed E-state index contributed by atoms with van der Waals surface area (Å²) in [5, 5.41) is 11.4. The van der Waals surface area contributed by atoms with E-state index in [2.05, 4.69) is 15.5 Å². The molecular formula is C12H16ClN3OS. The van der Waals surface area contributed by atoms with Crippen molar-refractivity contribution in [2.45, 2.75) is 19.3 Å². The minimum Gasteiger partial charge on any atom is -0.339 e. The second-order valence-electron chi connectivity index (χ2n) is 4.42. The van der Waals surface area contributed by atoms with E-state index in [0.717, 1.165) is 43.3 Å². The molecule has 3 rings (SSSR count). The van der Waals surface area contributed by atoms with Crippen LogP contribution in [0.1, 0.15) is 18.7 Å². The minimum absolute atomic E-state index is 0. The first-order chi connectivity index (χ1) is 8.42. The number of hydrogen-bond acceptors (Lipinski definition) is 5. The summed E-state index contributed by atoms with van der Waals surface area (Å²) in [6.07, 6.45) is 3.30. The van der Waals surface area contributed by atoms with E-state index in [9.17, 15) is 0 Å². The van der Waals surface area contributed by atoms with Crippen LogP contribution in [0.2, 0.25) is 0 Å². The number of halogens is 1. The first kappa shape index (κ1) is 13.5. The molecule has 1 N–H and O–H groups in total. The van der Waals surface area contributed by atoms with Crippen molar-refractivity contribution in [3.8, 4) is 11.4 Å². The summed E-state index contributed by atoms with van der Waals surface area (Å²) in [5.74, 6) is 2.25. The Hall–Kier alpha value is -0.910. The molecule has 1 fully saturated rings. The van der Waals surface area contributed by atoms with Gasteiger partial charge in [-0.3, -0.25) is 0 Å². The molecule has 98 valence electrons. The van der Waals surface area contributed by atoms with E-state index in [0.29, 0.717) is 5.82 Å². The Morgan fingerprint density at radius 2 is 2.44 bits per heavy atom. The summed E-state index contributed by atoms with van der Waals surface area (Å²) >= 11 is 1.65. The maximum absolute atomic E-state index is 5.27. The quantitative estimate of drug-likeness (QED) is 0.938. The molecule has 0 amide bonds. The zero-order valence-electron chi connectivity index (χ0n) is 9.96. The summed E-state index contributed by atoms with van der Waals surface area (Å²) in [7, 11) is 0. The number of nitrogens with zero attached hydrogens (tertiary/aromatic N) is 2. The fourth-order valence-corrected chi connectivity index (χ4v) is 2.79. The molecule has 0 bridgehead atoms. The molecule has 2 aromatic rings. The van der Waals surface area contributed by atoms with Crippen LogP contribution in [0.3, 0.4) is 0 Å². The van der Waals surface area contributed by atoms with E-state index >= 15 is 0 Å². The van der Waals surface area contributed by atoms with Gasteiger partial charge in [-0.25, -0.2) is 0 Å². The Morgan fingerprint density at radius 3 is 3.17 bits per heavy atom. The predicted octanol–water partition coefficient (Wildman–Crippen LogP) is 2.76. The van der Waals surface area contributed by atoms with Gasteiger partial charge < -0.3 is 9.84 Å². The standard InChI is InChI=1S/C12H15N3OS.ClH/c1(9-3-5-13-7-9)2-11-14-12(15-16-11)10-4-6-17-8-10;/h4,6,8-9,13H,1-3,5,7H2;1H. The van der Waals surface area contributed by atoms with Gasteiger partial charge in [0.25, 0.3) is 0 Å². The number of hydrogen-bond donors (Lipinski definition) is 1. The van der Waals surface area contributed by atoms with Crippen LogP contribution >= 0.6 is 23.7 Å². The van der Waals surface area contributed by atoms with Gasteiger partial charge in [-0.15, -0.1) is 12.4 Å². The number of thiophene rings is 1. The van der Waals surface area contributed by atoms with Gasteiger partial charge in [0.1, 0.15) is 0 Å². The second-order valence-corrected chi connectivity index (χ2v) is 5.20. The molecule has 6 heteroatoms. The van der Waals surface area contributed by atoms with Crippen LogP contribution in [0.4, 0.5) is 0 Å². The first-order valence-electron chi connectivity index (χ1n) is 5.98. The average molecular weight is 286 g/mol. The van der Waals surface area contributed by atoms with Gasteiger partial charge in [0.05, 0.1) is 0 Å². The molecule has 18 heavy (non-hydrogen) atoms. The third kappa shape index (κ3) is 3.10. The lowest BCUT2D eigenvalue weighted by atomic mass is 10.0. The molecule has 1 aliphatic rings. The minimum atomic E-state index is 0. The number of aromatic nitrogens is 2. The molecule has 0 spiro atoms. The summed E-state index contributed by atoms with van der Waals surface area (Å²) in [4.78, 5) is 4.42. The van der Waals surface area contributed by atoms with Crippen molar-refractivity contribution < 1.29 is 4.52 Å². The van der Waals surface area contributed by atoms with E-state index in [1.54, 1.807) is 11.3 Å². The zero-order valence-corrected chi connectivity index (χ0v) is 11.6. The van der Waals surface area contributed by atoms with Gasteiger partial charge in [0.2, 0.25) is 11.7 Å². The maximum Gasteiger partial charge on any atom is 0.226 e. The van der Waals surface area contributed by atoms with Crippen LogP contribution in [0, 0.1) is 5.92 Å². The van der Waals surface area contributed by atoms with E-state index in [1.807, 2.05) is 16.8 Å². The van der Waals surface area contributed by atoms with Crippen LogP contribution in [-0.2, 0) is 6.42 Å². The van der Waals surface area contributed by atoms with Crippen molar-refractivity contribution in [1.29, 1.82) is 0 Å². The number of rotatable bonds is 4. The van der Waals surface area contributed by atoms with Crippen LogP contribution < -0.4 is 5.32 Å². The molecule has 2 aromatic heterocycles. The SMILES string of the molecule is Cl.c1cc(-c2noc(CCC3CCNC3)n2)cs1. The van der Waals surface area contributed by atoms with Gasteiger partial charge in [0.15, 0.2) is 0 Å². The van der Waals surface area contributed by atoms with Crippen molar-refractivity contribution >= 4 is 23.7 Å². The number of nitrogens with one attached hydrogen (secondary N) is 1. The molecule has 0 saturated carbocycles.